The van der Waals surface area contributed by atoms with Crippen LogP contribution in [0.2, 0.25) is 0 Å². The summed E-state index contributed by atoms with van der Waals surface area (Å²) in [4.78, 5) is 3.82. The second-order valence-corrected chi connectivity index (χ2v) is 5.15. The molecule has 4 nitrogen and oxygen atoms in total. The van der Waals surface area contributed by atoms with Gasteiger partial charge in [-0.3, -0.25) is 4.98 Å². The van der Waals surface area contributed by atoms with Crippen LogP contribution in [-0.2, 0) is 9.31 Å². The van der Waals surface area contributed by atoms with Crippen LogP contribution in [0.3, 0.4) is 0 Å². The zero-order valence-electron chi connectivity index (χ0n) is 10.3. The average molecular weight is 239 g/mol. The van der Waals surface area contributed by atoms with Crippen molar-refractivity contribution in [2.75, 3.05) is 0 Å². The molecule has 1 N–H and O–H groups in total. The van der Waals surface area contributed by atoms with Crippen LogP contribution in [0.15, 0.2) is 12.3 Å². The summed E-state index contributed by atoms with van der Waals surface area (Å²) in [6.07, 6.45) is 1.17. The second kappa shape index (κ2) is 3.68. The molecule has 0 atom stereocenters. The van der Waals surface area contributed by atoms with E-state index in [-0.39, 0.29) is 11.3 Å². The lowest BCUT2D eigenvalue weighted by Crippen LogP contribution is -2.41. The Morgan fingerprint density at radius 3 is 2.24 bits per heavy atom. The van der Waals surface area contributed by atoms with E-state index in [0.29, 0.717) is 0 Å². The quantitative estimate of drug-likeness (QED) is 0.748. The molecule has 2 rings (SSSR count). The molecule has 17 heavy (non-hydrogen) atoms. The van der Waals surface area contributed by atoms with Gasteiger partial charge in [-0.05, 0) is 27.7 Å². The van der Waals surface area contributed by atoms with Gasteiger partial charge in [0.25, 0.3) is 0 Å². The molecule has 1 aliphatic heterocycles. The molecule has 2 heterocycles. The van der Waals surface area contributed by atoms with Crippen LogP contribution in [0.5, 0.6) is 5.75 Å². The van der Waals surface area contributed by atoms with Crippen molar-refractivity contribution < 1.29 is 18.8 Å². The van der Waals surface area contributed by atoms with Crippen LogP contribution in [0.4, 0.5) is 4.39 Å². The maximum Gasteiger partial charge on any atom is 0.517 e. The lowest BCUT2D eigenvalue weighted by Gasteiger charge is -2.32. The van der Waals surface area contributed by atoms with Gasteiger partial charge >= 0.3 is 7.12 Å². The molecule has 1 aliphatic rings. The summed E-state index contributed by atoms with van der Waals surface area (Å²) in [5.41, 5.74) is -1.02. The van der Waals surface area contributed by atoms with E-state index in [0.717, 1.165) is 6.07 Å². The van der Waals surface area contributed by atoms with Gasteiger partial charge in [-0.1, -0.05) is 0 Å². The highest BCUT2D eigenvalue weighted by molar-refractivity contribution is 6.61. The molecular formula is C11H15BFNO3. The molecule has 0 spiro atoms. The Morgan fingerprint density at radius 1 is 1.24 bits per heavy atom. The maximum absolute atomic E-state index is 13.6. The molecule has 0 bridgehead atoms. The van der Waals surface area contributed by atoms with Crippen molar-refractivity contribution in [2.24, 2.45) is 0 Å². The first-order valence-corrected chi connectivity index (χ1v) is 5.43. The topological polar surface area (TPSA) is 51.6 Å². The summed E-state index contributed by atoms with van der Waals surface area (Å²) in [6, 6.07) is 0.993. The number of aromatic hydroxyl groups is 1. The molecule has 0 radical (unpaired) electrons. The van der Waals surface area contributed by atoms with E-state index in [9.17, 15) is 4.39 Å². The largest absolute Gasteiger partial charge is 0.517 e. The van der Waals surface area contributed by atoms with Crippen molar-refractivity contribution in [1.82, 2.24) is 4.98 Å². The number of aromatic nitrogens is 1. The molecule has 0 aromatic carbocycles. The van der Waals surface area contributed by atoms with Gasteiger partial charge in [-0.25, -0.2) is 4.39 Å². The molecule has 0 aliphatic carbocycles. The summed E-state index contributed by atoms with van der Waals surface area (Å²) in [6.45, 7) is 7.52. The van der Waals surface area contributed by atoms with E-state index < -0.39 is 24.1 Å². The van der Waals surface area contributed by atoms with Gasteiger partial charge in [0.15, 0.2) is 0 Å². The highest BCUT2D eigenvalue weighted by atomic mass is 19.1. The van der Waals surface area contributed by atoms with E-state index in [1.54, 1.807) is 0 Å². The predicted molar refractivity (Wildman–Crippen MR) is 61.6 cm³/mol. The molecule has 92 valence electrons. The lowest BCUT2D eigenvalue weighted by atomic mass is 9.84. The molecule has 1 saturated heterocycles. The van der Waals surface area contributed by atoms with Gasteiger partial charge in [-0.15, -0.1) is 0 Å². The summed E-state index contributed by atoms with van der Waals surface area (Å²) in [5, 5.41) is 9.10. The third kappa shape index (κ3) is 2.02. The number of pyridine rings is 1. The average Bonchev–Trinajstić information content (AvgIpc) is 2.35. The molecular weight excluding hydrogens is 224 g/mol. The number of halogens is 1. The van der Waals surface area contributed by atoms with E-state index >= 15 is 0 Å². The lowest BCUT2D eigenvalue weighted by molar-refractivity contribution is 0.00578. The Bertz CT molecular complexity index is 434. The Hall–Kier alpha value is -1.14. The van der Waals surface area contributed by atoms with Crippen LogP contribution in [0.25, 0.3) is 0 Å². The van der Waals surface area contributed by atoms with Crippen molar-refractivity contribution in [3.8, 4) is 5.75 Å². The molecule has 0 unspecified atom stereocenters. The molecule has 1 aromatic rings. The van der Waals surface area contributed by atoms with E-state index in [4.69, 9.17) is 14.4 Å². The minimum Gasteiger partial charge on any atom is -0.506 e. The van der Waals surface area contributed by atoms with Gasteiger partial charge < -0.3 is 14.4 Å². The fraction of sp³-hybridized carbons (Fsp3) is 0.545. The van der Waals surface area contributed by atoms with Crippen LogP contribution in [-0.4, -0.2) is 28.4 Å². The van der Waals surface area contributed by atoms with Crippen molar-refractivity contribution in [3.63, 3.8) is 0 Å². The number of hydrogen-bond donors (Lipinski definition) is 1. The summed E-state index contributed by atoms with van der Waals surface area (Å²) in [5.74, 6) is -0.855. The number of rotatable bonds is 1. The molecule has 1 fully saturated rings. The Morgan fingerprint density at radius 2 is 1.76 bits per heavy atom. The highest BCUT2D eigenvalue weighted by Gasteiger charge is 2.53. The molecule has 0 amide bonds. The minimum absolute atomic E-state index is 0.0569. The second-order valence-electron chi connectivity index (χ2n) is 5.15. The fourth-order valence-electron chi connectivity index (χ4n) is 1.57. The van der Waals surface area contributed by atoms with E-state index in [1.807, 2.05) is 27.7 Å². The Balaban J connectivity index is 2.32. The first-order valence-electron chi connectivity index (χ1n) is 5.43. The molecule has 1 aromatic heterocycles. The smallest absolute Gasteiger partial charge is 0.506 e. The normalized spacial score (nSPS) is 21.8. The third-order valence-electron chi connectivity index (χ3n) is 3.33. The fourth-order valence-corrected chi connectivity index (χ4v) is 1.57. The van der Waals surface area contributed by atoms with Crippen LogP contribution < -0.4 is 5.59 Å². The minimum atomic E-state index is -0.847. The Labute approximate surface area is 99.9 Å². The third-order valence-corrected chi connectivity index (χ3v) is 3.33. The van der Waals surface area contributed by atoms with Gasteiger partial charge in [0.2, 0.25) is 0 Å². The van der Waals surface area contributed by atoms with Crippen molar-refractivity contribution in [2.45, 2.75) is 38.9 Å². The van der Waals surface area contributed by atoms with Crippen LogP contribution >= 0.6 is 0 Å². The van der Waals surface area contributed by atoms with Gasteiger partial charge in [-0.2, -0.15) is 0 Å². The van der Waals surface area contributed by atoms with Gasteiger partial charge in [0, 0.05) is 6.07 Å². The van der Waals surface area contributed by atoms with Crippen LogP contribution in [0.1, 0.15) is 27.7 Å². The van der Waals surface area contributed by atoms with Crippen molar-refractivity contribution >= 4 is 12.7 Å². The monoisotopic (exact) mass is 239 g/mol. The first kappa shape index (κ1) is 12.3. The van der Waals surface area contributed by atoms with Crippen molar-refractivity contribution in [1.29, 1.82) is 0 Å². The number of hydrogen-bond acceptors (Lipinski definition) is 4. The SMILES string of the molecule is CC1(C)OB(c2ncc(O)cc2F)OC1(C)C. The summed E-state index contributed by atoms with van der Waals surface area (Å²) >= 11 is 0. The summed E-state index contributed by atoms with van der Waals surface area (Å²) < 4.78 is 25.0. The highest BCUT2D eigenvalue weighted by Crippen LogP contribution is 2.36. The maximum atomic E-state index is 13.6. The molecule has 0 saturated carbocycles. The van der Waals surface area contributed by atoms with Gasteiger partial charge in [0.1, 0.15) is 17.2 Å². The Kier molecular flexibility index (Phi) is 2.67. The number of nitrogens with zero attached hydrogens (tertiary/aromatic N) is 1. The standard InChI is InChI=1S/C11H15BFNO3/c1-10(2)11(3,4)17-12(16-10)9-8(13)5-7(15)6-14-9/h5-6,15H,1-4H3. The van der Waals surface area contributed by atoms with Crippen LogP contribution in [0, 0.1) is 5.82 Å². The zero-order valence-corrected chi connectivity index (χ0v) is 10.3. The van der Waals surface area contributed by atoms with E-state index in [2.05, 4.69) is 4.98 Å². The predicted octanol–water partition coefficient (Wildman–Crippen LogP) is 1.23. The first-order chi connectivity index (χ1) is 7.73. The van der Waals surface area contributed by atoms with Crippen molar-refractivity contribution in [3.05, 3.63) is 18.1 Å². The molecule has 6 heteroatoms. The summed E-state index contributed by atoms with van der Waals surface area (Å²) in [7, 11) is -0.847. The van der Waals surface area contributed by atoms with E-state index in [1.165, 1.54) is 6.20 Å². The van der Waals surface area contributed by atoms with Gasteiger partial charge in [0.05, 0.1) is 17.4 Å². The zero-order chi connectivity index (χ0) is 12.8.